The SMILES string of the molecule is COC(=O)c1[nH]c2c(c1I)CCCC2. The number of aromatic nitrogens is 1. The van der Waals surface area contributed by atoms with Gasteiger partial charge in [0.2, 0.25) is 0 Å². The van der Waals surface area contributed by atoms with Crippen molar-refractivity contribution >= 4 is 28.6 Å². The zero-order chi connectivity index (χ0) is 10.1. The molecule has 0 spiro atoms. The van der Waals surface area contributed by atoms with E-state index < -0.39 is 0 Å². The smallest absolute Gasteiger partial charge is 0.355 e. The predicted octanol–water partition coefficient (Wildman–Crippen LogP) is 2.28. The minimum Gasteiger partial charge on any atom is -0.464 e. The first kappa shape index (κ1) is 10.0. The number of halogens is 1. The fourth-order valence-electron chi connectivity index (χ4n) is 1.88. The Kier molecular flexibility index (Phi) is 2.80. The van der Waals surface area contributed by atoms with Gasteiger partial charge in [0.1, 0.15) is 5.69 Å². The highest BCUT2D eigenvalue weighted by atomic mass is 127. The molecule has 1 aromatic heterocycles. The first-order chi connectivity index (χ1) is 6.74. The van der Waals surface area contributed by atoms with Crippen LogP contribution in [0, 0.1) is 3.57 Å². The molecule has 1 N–H and O–H groups in total. The van der Waals surface area contributed by atoms with Crippen LogP contribution < -0.4 is 0 Å². The van der Waals surface area contributed by atoms with E-state index in [1.165, 1.54) is 31.2 Å². The quantitative estimate of drug-likeness (QED) is 0.639. The standard InChI is InChI=1S/C10H12INO2/c1-14-10(13)9-8(11)6-4-2-3-5-7(6)12-9/h12H,2-5H2,1H3. The lowest BCUT2D eigenvalue weighted by atomic mass is 9.98. The molecule has 76 valence electrons. The van der Waals surface area contributed by atoms with E-state index in [0.717, 1.165) is 16.4 Å². The highest BCUT2D eigenvalue weighted by molar-refractivity contribution is 14.1. The summed E-state index contributed by atoms with van der Waals surface area (Å²) < 4.78 is 5.77. The summed E-state index contributed by atoms with van der Waals surface area (Å²) >= 11 is 2.23. The van der Waals surface area contributed by atoms with Crippen molar-refractivity contribution in [3.63, 3.8) is 0 Å². The maximum Gasteiger partial charge on any atom is 0.355 e. The van der Waals surface area contributed by atoms with Gasteiger partial charge in [0.15, 0.2) is 0 Å². The molecular weight excluding hydrogens is 293 g/mol. The molecule has 0 aliphatic heterocycles. The average molecular weight is 305 g/mol. The fourth-order valence-corrected chi connectivity index (χ4v) is 2.84. The molecule has 0 saturated carbocycles. The Morgan fingerprint density at radius 2 is 2.14 bits per heavy atom. The van der Waals surface area contributed by atoms with Crippen molar-refractivity contribution in [3.8, 4) is 0 Å². The van der Waals surface area contributed by atoms with Crippen LogP contribution in [0.4, 0.5) is 0 Å². The van der Waals surface area contributed by atoms with Crippen LogP contribution in [0.5, 0.6) is 0 Å². The number of hydrogen-bond donors (Lipinski definition) is 1. The second kappa shape index (κ2) is 3.92. The van der Waals surface area contributed by atoms with Gasteiger partial charge < -0.3 is 9.72 Å². The Balaban J connectivity index is 2.43. The minimum absolute atomic E-state index is 0.260. The van der Waals surface area contributed by atoms with Crippen LogP contribution in [0.15, 0.2) is 0 Å². The number of hydrogen-bond acceptors (Lipinski definition) is 2. The number of rotatable bonds is 1. The zero-order valence-corrected chi connectivity index (χ0v) is 10.2. The van der Waals surface area contributed by atoms with E-state index in [-0.39, 0.29) is 5.97 Å². The van der Waals surface area contributed by atoms with E-state index in [0.29, 0.717) is 5.69 Å². The van der Waals surface area contributed by atoms with Crippen molar-refractivity contribution < 1.29 is 9.53 Å². The number of fused-ring (bicyclic) bond motifs is 1. The van der Waals surface area contributed by atoms with E-state index in [2.05, 4.69) is 27.6 Å². The molecular formula is C10H12INO2. The molecule has 1 aliphatic rings. The van der Waals surface area contributed by atoms with Crippen molar-refractivity contribution in [3.05, 3.63) is 20.5 Å². The maximum absolute atomic E-state index is 11.4. The van der Waals surface area contributed by atoms with Crippen molar-refractivity contribution in [1.29, 1.82) is 0 Å². The van der Waals surface area contributed by atoms with Crippen molar-refractivity contribution in [2.75, 3.05) is 7.11 Å². The number of aromatic amines is 1. The molecule has 0 amide bonds. The topological polar surface area (TPSA) is 42.1 Å². The van der Waals surface area contributed by atoms with Gasteiger partial charge in [-0.1, -0.05) is 0 Å². The Labute approximate surface area is 96.4 Å². The highest BCUT2D eigenvalue weighted by Gasteiger charge is 2.22. The van der Waals surface area contributed by atoms with Crippen molar-refractivity contribution in [2.45, 2.75) is 25.7 Å². The molecule has 0 fully saturated rings. The maximum atomic E-state index is 11.4. The van der Waals surface area contributed by atoms with Gasteiger partial charge >= 0.3 is 5.97 Å². The van der Waals surface area contributed by atoms with Gasteiger partial charge in [-0.2, -0.15) is 0 Å². The number of carbonyl (C=O) groups excluding carboxylic acids is 1. The lowest BCUT2D eigenvalue weighted by molar-refractivity contribution is 0.0593. The molecule has 0 saturated heterocycles. The van der Waals surface area contributed by atoms with E-state index >= 15 is 0 Å². The number of esters is 1. The summed E-state index contributed by atoms with van der Waals surface area (Å²) in [5, 5.41) is 0. The monoisotopic (exact) mass is 305 g/mol. The third kappa shape index (κ3) is 1.55. The molecule has 14 heavy (non-hydrogen) atoms. The second-order valence-corrected chi connectivity index (χ2v) is 4.55. The molecule has 2 rings (SSSR count). The Morgan fingerprint density at radius 1 is 1.43 bits per heavy atom. The van der Waals surface area contributed by atoms with Gasteiger partial charge in [-0.05, 0) is 53.8 Å². The predicted molar refractivity (Wildman–Crippen MR) is 61.5 cm³/mol. The van der Waals surface area contributed by atoms with Gasteiger partial charge in [-0.3, -0.25) is 0 Å². The molecule has 3 nitrogen and oxygen atoms in total. The molecule has 0 unspecified atom stereocenters. The molecule has 1 aromatic rings. The minimum atomic E-state index is -0.260. The van der Waals surface area contributed by atoms with Crippen LogP contribution in [-0.2, 0) is 17.6 Å². The van der Waals surface area contributed by atoms with Gasteiger partial charge in [-0.15, -0.1) is 0 Å². The van der Waals surface area contributed by atoms with E-state index in [4.69, 9.17) is 4.74 Å². The normalized spacial score (nSPS) is 15.0. The summed E-state index contributed by atoms with van der Waals surface area (Å²) in [6, 6.07) is 0. The van der Waals surface area contributed by atoms with Crippen LogP contribution in [0.2, 0.25) is 0 Å². The first-order valence-electron chi connectivity index (χ1n) is 4.71. The zero-order valence-electron chi connectivity index (χ0n) is 8.02. The van der Waals surface area contributed by atoms with Crippen LogP contribution in [0.25, 0.3) is 0 Å². The molecule has 0 aromatic carbocycles. The van der Waals surface area contributed by atoms with Crippen LogP contribution >= 0.6 is 22.6 Å². The first-order valence-corrected chi connectivity index (χ1v) is 5.79. The summed E-state index contributed by atoms with van der Waals surface area (Å²) in [5.41, 5.74) is 3.17. The lowest BCUT2D eigenvalue weighted by Crippen LogP contribution is -2.03. The Bertz CT molecular complexity index is 370. The van der Waals surface area contributed by atoms with E-state index in [1.54, 1.807) is 0 Å². The summed E-state index contributed by atoms with van der Waals surface area (Å²) in [6.45, 7) is 0. The molecule has 0 atom stereocenters. The third-order valence-corrected chi connectivity index (χ3v) is 3.81. The van der Waals surface area contributed by atoms with E-state index in [1.807, 2.05) is 0 Å². The fraction of sp³-hybridized carbons (Fsp3) is 0.500. The van der Waals surface area contributed by atoms with Crippen LogP contribution in [0.1, 0.15) is 34.6 Å². The summed E-state index contributed by atoms with van der Waals surface area (Å²) in [6.07, 6.45) is 4.58. The van der Waals surface area contributed by atoms with Crippen molar-refractivity contribution in [1.82, 2.24) is 4.98 Å². The van der Waals surface area contributed by atoms with Crippen LogP contribution in [-0.4, -0.2) is 18.1 Å². The lowest BCUT2D eigenvalue weighted by Gasteiger charge is -2.10. The number of nitrogens with one attached hydrogen (secondary N) is 1. The largest absolute Gasteiger partial charge is 0.464 e. The van der Waals surface area contributed by atoms with Crippen LogP contribution in [0.3, 0.4) is 0 Å². The number of aryl methyl sites for hydroxylation is 1. The molecule has 0 bridgehead atoms. The summed E-state index contributed by atoms with van der Waals surface area (Å²) in [7, 11) is 1.41. The summed E-state index contributed by atoms with van der Waals surface area (Å²) in [5.74, 6) is -0.260. The Hall–Kier alpha value is -0.520. The summed E-state index contributed by atoms with van der Waals surface area (Å²) in [4.78, 5) is 14.6. The van der Waals surface area contributed by atoms with Gasteiger partial charge in [0.25, 0.3) is 0 Å². The second-order valence-electron chi connectivity index (χ2n) is 3.47. The number of H-pyrrole nitrogens is 1. The third-order valence-electron chi connectivity index (χ3n) is 2.62. The molecule has 0 radical (unpaired) electrons. The number of ether oxygens (including phenoxy) is 1. The average Bonchev–Trinajstić information content (AvgIpc) is 2.56. The van der Waals surface area contributed by atoms with Gasteiger partial charge in [0, 0.05) is 9.26 Å². The number of carbonyl (C=O) groups is 1. The van der Waals surface area contributed by atoms with E-state index in [9.17, 15) is 4.79 Å². The van der Waals surface area contributed by atoms with Gasteiger partial charge in [0.05, 0.1) is 7.11 Å². The number of methoxy groups -OCH3 is 1. The van der Waals surface area contributed by atoms with Crippen molar-refractivity contribution in [2.24, 2.45) is 0 Å². The molecule has 1 heterocycles. The molecule has 4 heteroatoms. The Morgan fingerprint density at radius 3 is 2.79 bits per heavy atom. The highest BCUT2D eigenvalue weighted by Crippen LogP contribution is 2.28. The molecule has 1 aliphatic carbocycles. The van der Waals surface area contributed by atoms with Gasteiger partial charge in [-0.25, -0.2) is 4.79 Å².